The van der Waals surface area contributed by atoms with Crippen LogP contribution in [0.4, 0.5) is 15.8 Å². The normalized spacial score (nSPS) is 21.1. The number of carbonyl (C=O) groups is 1. The van der Waals surface area contributed by atoms with Crippen molar-refractivity contribution in [1.29, 1.82) is 0 Å². The van der Waals surface area contributed by atoms with Gasteiger partial charge in [-0.25, -0.2) is 4.39 Å². The van der Waals surface area contributed by atoms with E-state index in [2.05, 4.69) is 0 Å². The molecule has 1 aromatic rings. The summed E-state index contributed by atoms with van der Waals surface area (Å²) >= 11 is 0. The van der Waals surface area contributed by atoms with E-state index in [1.54, 1.807) is 18.0 Å². The zero-order valence-electron chi connectivity index (χ0n) is 9.09. The first-order valence-electron chi connectivity index (χ1n) is 5.44. The van der Waals surface area contributed by atoms with Crippen LogP contribution in [0.5, 0.6) is 0 Å². The molecule has 1 saturated carbocycles. The highest BCUT2D eigenvalue weighted by atomic mass is 19.1. The Hall–Kier alpha value is -1.58. The Morgan fingerprint density at radius 3 is 2.69 bits per heavy atom. The maximum Gasteiger partial charge on any atom is 0.237 e. The Balaban J connectivity index is 2.30. The van der Waals surface area contributed by atoms with Crippen LogP contribution in [0.25, 0.3) is 0 Å². The van der Waals surface area contributed by atoms with Gasteiger partial charge in [-0.3, -0.25) is 4.79 Å². The molecule has 0 saturated heterocycles. The Kier molecular flexibility index (Phi) is 1.66. The molecular formula is C12H13FN2O. The van der Waals surface area contributed by atoms with E-state index < -0.39 is 11.2 Å². The van der Waals surface area contributed by atoms with E-state index in [1.165, 1.54) is 6.07 Å². The van der Waals surface area contributed by atoms with Crippen LogP contribution in [0.2, 0.25) is 0 Å². The number of halogens is 1. The van der Waals surface area contributed by atoms with E-state index in [9.17, 15) is 9.18 Å². The quantitative estimate of drug-likeness (QED) is 0.678. The molecule has 0 unspecified atom stereocenters. The van der Waals surface area contributed by atoms with Crippen molar-refractivity contribution in [2.75, 3.05) is 17.7 Å². The second-order valence-corrected chi connectivity index (χ2v) is 4.66. The van der Waals surface area contributed by atoms with Crippen LogP contribution in [0.3, 0.4) is 0 Å². The monoisotopic (exact) mass is 220 g/mol. The van der Waals surface area contributed by atoms with Gasteiger partial charge in [0.05, 0.1) is 16.8 Å². The predicted octanol–water partition coefficient (Wildman–Crippen LogP) is 1.81. The summed E-state index contributed by atoms with van der Waals surface area (Å²) in [5, 5.41) is 0. The lowest BCUT2D eigenvalue weighted by molar-refractivity contribution is -0.125. The molecule has 0 aromatic heterocycles. The average molecular weight is 220 g/mol. The van der Waals surface area contributed by atoms with Gasteiger partial charge in [0.15, 0.2) is 5.82 Å². The highest BCUT2D eigenvalue weighted by molar-refractivity contribution is 6.08. The Morgan fingerprint density at radius 1 is 1.44 bits per heavy atom. The van der Waals surface area contributed by atoms with Crippen molar-refractivity contribution < 1.29 is 9.18 Å². The van der Waals surface area contributed by atoms with Crippen LogP contribution in [0.1, 0.15) is 24.8 Å². The number of nitrogens with two attached hydrogens (primary N) is 1. The van der Waals surface area contributed by atoms with Crippen molar-refractivity contribution in [1.82, 2.24) is 0 Å². The minimum atomic E-state index is -0.608. The second kappa shape index (κ2) is 2.75. The van der Waals surface area contributed by atoms with E-state index in [1.807, 2.05) is 0 Å². The summed E-state index contributed by atoms with van der Waals surface area (Å²) in [5.74, 6) is -0.395. The number of likely N-dealkylation sites (N-methyl/N-ethyl adjacent to an activating group) is 1. The molecule has 1 amide bonds. The summed E-state index contributed by atoms with van der Waals surface area (Å²) < 4.78 is 14.1. The first-order chi connectivity index (χ1) is 7.58. The molecule has 1 aromatic carbocycles. The van der Waals surface area contributed by atoms with Gasteiger partial charge in [0.25, 0.3) is 0 Å². The van der Waals surface area contributed by atoms with E-state index in [0.29, 0.717) is 11.3 Å². The first kappa shape index (κ1) is 9.63. The van der Waals surface area contributed by atoms with Gasteiger partial charge in [0.2, 0.25) is 5.91 Å². The summed E-state index contributed by atoms with van der Waals surface area (Å²) in [6.07, 6.45) is 2.46. The number of anilines is 2. The summed E-state index contributed by atoms with van der Waals surface area (Å²) in [6, 6.07) is 3.26. The van der Waals surface area contributed by atoms with Crippen LogP contribution in [0.15, 0.2) is 12.1 Å². The molecule has 0 bridgehead atoms. The largest absolute Gasteiger partial charge is 0.396 e. The number of nitrogens with zero attached hydrogens (tertiary/aromatic N) is 1. The molecule has 1 heterocycles. The van der Waals surface area contributed by atoms with Crippen LogP contribution in [0, 0.1) is 5.82 Å². The highest BCUT2D eigenvalue weighted by Crippen LogP contribution is 2.54. The van der Waals surface area contributed by atoms with E-state index in [0.717, 1.165) is 19.3 Å². The third-order valence-corrected chi connectivity index (χ3v) is 3.91. The molecule has 0 atom stereocenters. The van der Waals surface area contributed by atoms with E-state index in [4.69, 9.17) is 5.73 Å². The fourth-order valence-electron chi connectivity index (χ4n) is 2.85. The zero-order valence-corrected chi connectivity index (χ0v) is 9.09. The van der Waals surface area contributed by atoms with Crippen molar-refractivity contribution in [3.05, 3.63) is 23.5 Å². The Morgan fingerprint density at radius 2 is 2.12 bits per heavy atom. The lowest BCUT2D eigenvalue weighted by atomic mass is 9.65. The molecule has 2 N–H and O–H groups in total. The second-order valence-electron chi connectivity index (χ2n) is 4.66. The minimum Gasteiger partial charge on any atom is -0.396 e. The molecule has 1 aliphatic heterocycles. The molecule has 3 nitrogen and oxygen atoms in total. The molecule has 4 heteroatoms. The lowest BCUT2D eigenvalue weighted by Gasteiger charge is -2.36. The van der Waals surface area contributed by atoms with Gasteiger partial charge < -0.3 is 10.6 Å². The summed E-state index contributed by atoms with van der Waals surface area (Å²) in [6.45, 7) is 0. The smallest absolute Gasteiger partial charge is 0.237 e. The maximum absolute atomic E-state index is 14.1. The molecule has 1 fully saturated rings. The van der Waals surface area contributed by atoms with Crippen molar-refractivity contribution in [3.63, 3.8) is 0 Å². The molecular weight excluding hydrogens is 207 g/mol. The number of nitrogen functional groups attached to an aromatic ring is 1. The van der Waals surface area contributed by atoms with Crippen LogP contribution < -0.4 is 10.6 Å². The predicted molar refractivity (Wildman–Crippen MR) is 59.8 cm³/mol. The fourth-order valence-corrected chi connectivity index (χ4v) is 2.85. The Bertz CT molecular complexity index is 494. The Labute approximate surface area is 93.0 Å². The van der Waals surface area contributed by atoms with Gasteiger partial charge >= 0.3 is 0 Å². The third-order valence-electron chi connectivity index (χ3n) is 3.91. The van der Waals surface area contributed by atoms with Crippen LogP contribution in [-0.2, 0) is 10.2 Å². The SMILES string of the molecule is CN1C(=O)C2(CCC2)c2c1ccc(N)c2F. The van der Waals surface area contributed by atoms with Gasteiger partial charge in [-0.05, 0) is 25.0 Å². The molecule has 1 spiro atoms. The number of hydrogen-bond acceptors (Lipinski definition) is 2. The van der Waals surface area contributed by atoms with Crippen molar-refractivity contribution >= 4 is 17.3 Å². The molecule has 3 rings (SSSR count). The number of hydrogen-bond donors (Lipinski definition) is 1. The van der Waals surface area contributed by atoms with Crippen molar-refractivity contribution in [2.24, 2.45) is 0 Å². The first-order valence-corrected chi connectivity index (χ1v) is 5.44. The summed E-state index contributed by atoms with van der Waals surface area (Å²) in [5.41, 5.74) is 6.30. The average Bonchev–Trinajstić information content (AvgIpc) is 2.43. The maximum atomic E-state index is 14.1. The molecule has 0 radical (unpaired) electrons. The molecule has 2 aliphatic rings. The summed E-state index contributed by atoms with van der Waals surface area (Å²) in [4.78, 5) is 13.7. The topological polar surface area (TPSA) is 46.3 Å². The van der Waals surface area contributed by atoms with Gasteiger partial charge in [-0.2, -0.15) is 0 Å². The lowest BCUT2D eigenvalue weighted by Crippen LogP contribution is -2.44. The summed E-state index contributed by atoms with van der Waals surface area (Å²) in [7, 11) is 1.70. The number of amides is 1. The van der Waals surface area contributed by atoms with E-state index >= 15 is 0 Å². The highest BCUT2D eigenvalue weighted by Gasteiger charge is 2.55. The standard InChI is InChI=1S/C12H13FN2O/c1-15-8-4-3-7(14)10(13)9(8)12(11(15)16)5-2-6-12/h3-4H,2,5-6,14H2,1H3. The van der Waals surface area contributed by atoms with Gasteiger partial charge in [0, 0.05) is 12.6 Å². The number of carbonyl (C=O) groups excluding carboxylic acids is 1. The van der Waals surface area contributed by atoms with Crippen molar-refractivity contribution in [3.8, 4) is 0 Å². The van der Waals surface area contributed by atoms with Crippen LogP contribution in [-0.4, -0.2) is 13.0 Å². The van der Waals surface area contributed by atoms with E-state index in [-0.39, 0.29) is 11.6 Å². The van der Waals surface area contributed by atoms with Crippen molar-refractivity contribution in [2.45, 2.75) is 24.7 Å². The molecule has 16 heavy (non-hydrogen) atoms. The van der Waals surface area contributed by atoms with Gasteiger partial charge in [0.1, 0.15) is 0 Å². The third kappa shape index (κ3) is 0.859. The fraction of sp³-hybridized carbons (Fsp3) is 0.417. The number of fused-ring (bicyclic) bond motifs is 2. The van der Waals surface area contributed by atoms with Gasteiger partial charge in [-0.15, -0.1) is 0 Å². The zero-order chi connectivity index (χ0) is 11.5. The number of benzene rings is 1. The number of rotatable bonds is 0. The van der Waals surface area contributed by atoms with Gasteiger partial charge in [-0.1, -0.05) is 6.42 Å². The molecule has 1 aliphatic carbocycles. The van der Waals surface area contributed by atoms with Crippen LogP contribution >= 0.6 is 0 Å². The molecule has 84 valence electrons. The minimum absolute atomic E-state index is 0.0123.